The molecule has 1 aromatic carbocycles. The molecular formula is C15H22FNOS. The fourth-order valence-electron chi connectivity index (χ4n) is 2.05. The zero-order valence-corrected chi connectivity index (χ0v) is 12.4. The molecule has 0 aromatic heterocycles. The van der Waals surface area contributed by atoms with E-state index in [4.69, 9.17) is 4.74 Å². The predicted octanol–water partition coefficient (Wildman–Crippen LogP) is 3.59. The molecule has 19 heavy (non-hydrogen) atoms. The molecular weight excluding hydrogens is 261 g/mol. The van der Waals surface area contributed by atoms with Crippen LogP contribution in [0.3, 0.4) is 0 Å². The summed E-state index contributed by atoms with van der Waals surface area (Å²) in [7, 11) is 0. The first kappa shape index (κ1) is 14.8. The zero-order valence-electron chi connectivity index (χ0n) is 11.6. The van der Waals surface area contributed by atoms with Gasteiger partial charge in [0.1, 0.15) is 5.82 Å². The Balaban J connectivity index is 1.87. The Hall–Kier alpha value is -0.580. The number of nitrogens with one attached hydrogen (secondary N) is 1. The SMILES string of the molecule is CC(C)NCc1ccc(SCC2CCCO2)c(F)c1. The van der Waals surface area contributed by atoms with Gasteiger partial charge in [0.05, 0.1) is 6.10 Å². The first-order valence-electron chi connectivity index (χ1n) is 6.91. The van der Waals surface area contributed by atoms with E-state index < -0.39 is 0 Å². The maximum Gasteiger partial charge on any atom is 0.137 e. The molecule has 1 saturated heterocycles. The van der Waals surface area contributed by atoms with Gasteiger partial charge < -0.3 is 10.1 Å². The van der Waals surface area contributed by atoms with Crippen molar-refractivity contribution in [1.29, 1.82) is 0 Å². The molecule has 1 aliphatic rings. The monoisotopic (exact) mass is 283 g/mol. The molecule has 2 rings (SSSR count). The minimum absolute atomic E-state index is 0.119. The molecule has 1 atom stereocenters. The van der Waals surface area contributed by atoms with Crippen LogP contribution in [0, 0.1) is 5.82 Å². The first-order valence-corrected chi connectivity index (χ1v) is 7.90. The van der Waals surface area contributed by atoms with E-state index in [1.54, 1.807) is 17.8 Å². The van der Waals surface area contributed by atoms with Gasteiger partial charge in [-0.15, -0.1) is 11.8 Å². The summed E-state index contributed by atoms with van der Waals surface area (Å²) in [6.07, 6.45) is 2.53. The number of rotatable bonds is 6. The van der Waals surface area contributed by atoms with E-state index in [1.165, 1.54) is 0 Å². The molecule has 4 heteroatoms. The molecule has 0 saturated carbocycles. The summed E-state index contributed by atoms with van der Waals surface area (Å²) in [6, 6.07) is 5.92. The second-order valence-electron chi connectivity index (χ2n) is 5.25. The van der Waals surface area contributed by atoms with E-state index in [1.807, 2.05) is 12.1 Å². The van der Waals surface area contributed by atoms with Gasteiger partial charge in [0, 0.05) is 29.8 Å². The van der Waals surface area contributed by atoms with Crippen LogP contribution >= 0.6 is 11.8 Å². The number of hydrogen-bond donors (Lipinski definition) is 1. The maximum atomic E-state index is 14.0. The third kappa shape index (κ3) is 4.79. The third-order valence-electron chi connectivity index (χ3n) is 3.16. The minimum atomic E-state index is -0.119. The number of benzene rings is 1. The van der Waals surface area contributed by atoms with Crippen molar-refractivity contribution in [3.63, 3.8) is 0 Å². The molecule has 0 amide bonds. The fourth-order valence-corrected chi connectivity index (χ4v) is 3.04. The number of halogens is 1. The second kappa shape index (κ2) is 7.27. The van der Waals surface area contributed by atoms with E-state index in [2.05, 4.69) is 19.2 Å². The molecule has 1 aliphatic heterocycles. The lowest BCUT2D eigenvalue weighted by Gasteiger charge is -2.11. The van der Waals surface area contributed by atoms with E-state index in [0.29, 0.717) is 18.7 Å². The molecule has 106 valence electrons. The summed E-state index contributed by atoms with van der Waals surface area (Å²) in [5.41, 5.74) is 0.993. The molecule has 0 radical (unpaired) electrons. The van der Waals surface area contributed by atoms with Crippen molar-refractivity contribution in [3.05, 3.63) is 29.6 Å². The largest absolute Gasteiger partial charge is 0.377 e. The molecule has 1 aromatic rings. The van der Waals surface area contributed by atoms with Gasteiger partial charge >= 0.3 is 0 Å². The second-order valence-corrected chi connectivity index (χ2v) is 6.31. The molecule has 1 N–H and O–H groups in total. The van der Waals surface area contributed by atoms with E-state index in [9.17, 15) is 4.39 Å². The van der Waals surface area contributed by atoms with Gasteiger partial charge in [-0.1, -0.05) is 19.9 Å². The van der Waals surface area contributed by atoms with Crippen molar-refractivity contribution < 1.29 is 9.13 Å². The van der Waals surface area contributed by atoms with Gasteiger partial charge in [-0.25, -0.2) is 4.39 Å². The Morgan fingerprint density at radius 1 is 1.47 bits per heavy atom. The normalized spacial score (nSPS) is 19.3. The van der Waals surface area contributed by atoms with Gasteiger partial charge in [0.15, 0.2) is 0 Å². The zero-order chi connectivity index (χ0) is 13.7. The lowest BCUT2D eigenvalue weighted by atomic mass is 10.2. The van der Waals surface area contributed by atoms with E-state index in [-0.39, 0.29) is 5.82 Å². The maximum absolute atomic E-state index is 14.0. The molecule has 0 spiro atoms. The fraction of sp³-hybridized carbons (Fsp3) is 0.600. The quantitative estimate of drug-likeness (QED) is 0.806. The minimum Gasteiger partial charge on any atom is -0.377 e. The smallest absolute Gasteiger partial charge is 0.137 e. The molecule has 1 unspecified atom stereocenters. The van der Waals surface area contributed by atoms with Gasteiger partial charge in [-0.2, -0.15) is 0 Å². The van der Waals surface area contributed by atoms with Crippen molar-refractivity contribution in [3.8, 4) is 0 Å². The van der Waals surface area contributed by atoms with Gasteiger partial charge in [0.25, 0.3) is 0 Å². The van der Waals surface area contributed by atoms with Gasteiger partial charge in [-0.05, 0) is 30.5 Å². The standard InChI is InChI=1S/C15H22FNOS/c1-11(2)17-9-12-5-6-15(14(16)8-12)19-10-13-4-3-7-18-13/h5-6,8,11,13,17H,3-4,7,9-10H2,1-2H3. The van der Waals surface area contributed by atoms with Crippen LogP contribution in [0.4, 0.5) is 4.39 Å². The van der Waals surface area contributed by atoms with E-state index in [0.717, 1.165) is 35.7 Å². The predicted molar refractivity (Wildman–Crippen MR) is 78.1 cm³/mol. The van der Waals surface area contributed by atoms with Crippen LogP contribution in [-0.4, -0.2) is 24.5 Å². The summed E-state index contributed by atoms with van der Waals surface area (Å²) in [6.45, 7) is 5.74. The molecule has 0 aliphatic carbocycles. The Morgan fingerprint density at radius 3 is 2.95 bits per heavy atom. The molecule has 2 nitrogen and oxygen atoms in total. The average Bonchev–Trinajstić information content (AvgIpc) is 2.88. The summed E-state index contributed by atoms with van der Waals surface area (Å²) < 4.78 is 19.5. The molecule has 1 fully saturated rings. The van der Waals surface area contributed by atoms with Gasteiger partial charge in [0.2, 0.25) is 0 Å². The Labute approximate surface area is 119 Å². The summed E-state index contributed by atoms with van der Waals surface area (Å²) in [5, 5.41) is 3.29. The van der Waals surface area contributed by atoms with Crippen LogP contribution in [0.5, 0.6) is 0 Å². The first-order chi connectivity index (χ1) is 9.15. The number of thioether (sulfide) groups is 1. The van der Waals surface area contributed by atoms with Crippen LogP contribution in [0.2, 0.25) is 0 Å². The average molecular weight is 283 g/mol. The Morgan fingerprint density at radius 2 is 2.32 bits per heavy atom. The van der Waals surface area contributed by atoms with Crippen LogP contribution in [-0.2, 0) is 11.3 Å². The number of ether oxygens (including phenoxy) is 1. The van der Waals surface area contributed by atoms with Crippen molar-refractivity contribution >= 4 is 11.8 Å². The van der Waals surface area contributed by atoms with Gasteiger partial charge in [-0.3, -0.25) is 0 Å². The van der Waals surface area contributed by atoms with Crippen LogP contribution in [0.1, 0.15) is 32.3 Å². The Kier molecular flexibility index (Phi) is 5.67. The highest BCUT2D eigenvalue weighted by molar-refractivity contribution is 7.99. The number of hydrogen-bond acceptors (Lipinski definition) is 3. The molecule has 1 heterocycles. The van der Waals surface area contributed by atoms with Crippen LogP contribution < -0.4 is 5.32 Å². The van der Waals surface area contributed by atoms with Crippen LogP contribution in [0.15, 0.2) is 23.1 Å². The van der Waals surface area contributed by atoms with Crippen molar-refractivity contribution in [2.24, 2.45) is 0 Å². The van der Waals surface area contributed by atoms with E-state index >= 15 is 0 Å². The lowest BCUT2D eigenvalue weighted by molar-refractivity contribution is 0.129. The molecule has 0 bridgehead atoms. The Bertz CT molecular complexity index is 405. The van der Waals surface area contributed by atoms with Crippen molar-refractivity contribution in [1.82, 2.24) is 5.32 Å². The summed E-state index contributed by atoms with van der Waals surface area (Å²) >= 11 is 1.56. The van der Waals surface area contributed by atoms with Crippen molar-refractivity contribution in [2.45, 2.75) is 50.3 Å². The highest BCUT2D eigenvalue weighted by Gasteiger charge is 2.16. The summed E-state index contributed by atoms with van der Waals surface area (Å²) in [4.78, 5) is 0.726. The summed E-state index contributed by atoms with van der Waals surface area (Å²) in [5.74, 6) is 0.728. The van der Waals surface area contributed by atoms with Crippen molar-refractivity contribution in [2.75, 3.05) is 12.4 Å². The highest BCUT2D eigenvalue weighted by atomic mass is 32.2. The van der Waals surface area contributed by atoms with Crippen LogP contribution in [0.25, 0.3) is 0 Å². The highest BCUT2D eigenvalue weighted by Crippen LogP contribution is 2.26. The topological polar surface area (TPSA) is 21.3 Å². The lowest BCUT2D eigenvalue weighted by Crippen LogP contribution is -2.21. The third-order valence-corrected chi connectivity index (χ3v) is 4.34.